The molecule has 39 heavy (non-hydrogen) atoms. The van der Waals surface area contributed by atoms with Gasteiger partial charge < -0.3 is 42.9 Å². The van der Waals surface area contributed by atoms with Gasteiger partial charge in [0.25, 0.3) is 0 Å². The van der Waals surface area contributed by atoms with E-state index in [1.54, 1.807) is 30.3 Å². The Kier molecular flexibility index (Phi) is 12.7. The molecule has 3 amide bonds. The molecule has 214 valence electrons. The van der Waals surface area contributed by atoms with Crippen molar-refractivity contribution in [3.8, 4) is 0 Å². The Labute approximate surface area is 226 Å². The highest BCUT2D eigenvalue weighted by atomic mass is 16.4. The summed E-state index contributed by atoms with van der Waals surface area (Å²) in [6.45, 7) is 0.872. The second-order valence-corrected chi connectivity index (χ2v) is 9.24. The zero-order valence-electron chi connectivity index (χ0n) is 21.6. The molecule has 0 spiro atoms. The van der Waals surface area contributed by atoms with Gasteiger partial charge in [-0.25, -0.2) is 4.79 Å². The number of amides is 3. The number of nitrogens with zero attached hydrogens (tertiary/aromatic N) is 1. The molecule has 0 saturated carbocycles. The summed E-state index contributed by atoms with van der Waals surface area (Å²) in [7, 11) is 0. The zero-order chi connectivity index (χ0) is 28.8. The van der Waals surface area contributed by atoms with Crippen LogP contribution < -0.4 is 32.7 Å². The van der Waals surface area contributed by atoms with Gasteiger partial charge in [0.05, 0.1) is 6.04 Å². The molecule has 2 rings (SSSR count). The van der Waals surface area contributed by atoms with E-state index in [9.17, 15) is 29.1 Å². The number of hydrogen-bond acceptors (Lipinski definition) is 7. The van der Waals surface area contributed by atoms with Crippen molar-refractivity contribution in [2.45, 2.75) is 69.1 Å². The zero-order valence-corrected chi connectivity index (χ0v) is 21.6. The highest BCUT2D eigenvalue weighted by Gasteiger charge is 2.31. The van der Waals surface area contributed by atoms with E-state index < -0.39 is 54.3 Å². The fourth-order valence-corrected chi connectivity index (χ4v) is 4.08. The predicted molar refractivity (Wildman–Crippen MR) is 141 cm³/mol. The molecule has 0 radical (unpaired) electrons. The van der Waals surface area contributed by atoms with Gasteiger partial charge >= 0.3 is 11.9 Å². The monoisotopic (exact) mass is 547 g/mol. The molecule has 4 unspecified atom stereocenters. The van der Waals surface area contributed by atoms with Crippen LogP contribution in [0.4, 0.5) is 0 Å². The van der Waals surface area contributed by atoms with E-state index in [1.807, 2.05) is 0 Å². The maximum atomic E-state index is 13.2. The maximum absolute atomic E-state index is 13.2. The van der Waals surface area contributed by atoms with Gasteiger partial charge in [-0.3, -0.25) is 24.2 Å². The normalized spacial score (nSPS) is 16.8. The smallest absolute Gasteiger partial charge is 0.326 e. The number of aliphatic imine (C=N–C) groups is 1. The second kappa shape index (κ2) is 15.9. The molecule has 1 heterocycles. The summed E-state index contributed by atoms with van der Waals surface area (Å²) >= 11 is 0. The van der Waals surface area contributed by atoms with E-state index in [1.165, 1.54) is 0 Å². The third-order valence-corrected chi connectivity index (χ3v) is 6.13. The maximum Gasteiger partial charge on any atom is 0.326 e. The predicted octanol–water partition coefficient (Wildman–Crippen LogP) is -1.56. The van der Waals surface area contributed by atoms with Crippen LogP contribution in [0.3, 0.4) is 0 Å². The second-order valence-electron chi connectivity index (χ2n) is 9.24. The van der Waals surface area contributed by atoms with Gasteiger partial charge in [0, 0.05) is 19.4 Å². The third kappa shape index (κ3) is 11.4. The van der Waals surface area contributed by atoms with Crippen molar-refractivity contribution in [2.24, 2.45) is 16.5 Å². The summed E-state index contributed by atoms with van der Waals surface area (Å²) in [5, 5.41) is 29.4. The Hall–Kier alpha value is -4.20. The van der Waals surface area contributed by atoms with E-state index in [4.69, 9.17) is 16.6 Å². The minimum Gasteiger partial charge on any atom is -0.481 e. The molecule has 4 atom stereocenters. The number of nitrogens with one attached hydrogen (secondary N) is 4. The Morgan fingerprint density at radius 3 is 2.15 bits per heavy atom. The minimum absolute atomic E-state index is 0.0145. The molecule has 1 aromatic carbocycles. The number of carboxylic acid groups (broad SMARTS) is 2. The molecule has 10 N–H and O–H groups in total. The van der Waals surface area contributed by atoms with Crippen molar-refractivity contribution in [1.82, 2.24) is 21.3 Å². The van der Waals surface area contributed by atoms with E-state index in [2.05, 4.69) is 26.3 Å². The first-order valence-electron chi connectivity index (χ1n) is 12.7. The minimum atomic E-state index is -1.35. The molecular weight excluding hydrogens is 510 g/mol. The number of nitrogens with two attached hydrogens (primary N) is 2. The van der Waals surface area contributed by atoms with Gasteiger partial charge in [0.2, 0.25) is 17.7 Å². The van der Waals surface area contributed by atoms with E-state index in [0.717, 1.165) is 6.42 Å². The van der Waals surface area contributed by atoms with Gasteiger partial charge in [0.1, 0.15) is 18.1 Å². The fraction of sp³-hybridized carbons (Fsp3) is 0.520. The Morgan fingerprint density at radius 1 is 0.949 bits per heavy atom. The third-order valence-electron chi connectivity index (χ3n) is 6.13. The number of rotatable bonds is 16. The quantitative estimate of drug-likeness (QED) is 0.0672. The molecule has 14 heteroatoms. The molecule has 1 aromatic rings. The molecule has 0 bridgehead atoms. The summed E-state index contributed by atoms with van der Waals surface area (Å²) in [6.07, 6.45) is 1.13. The summed E-state index contributed by atoms with van der Waals surface area (Å²) in [5.74, 6) is -4.55. The first-order valence-corrected chi connectivity index (χ1v) is 12.7. The van der Waals surface area contributed by atoms with E-state index in [0.29, 0.717) is 24.9 Å². The van der Waals surface area contributed by atoms with E-state index in [-0.39, 0.29) is 37.7 Å². The standard InChI is InChI=1S/C25H37N7O7/c26-25(27)29-13-5-9-17(30-21(35)16-8-4-12-28-16)22(36)31-18(10-11-20(33)34)23(37)32-19(24(38)39)14-15-6-2-1-3-7-15/h1-3,6-7,16-19,28H,4-5,8-14H2,(H,30,35)(H,31,36)(H,32,37)(H,33,34)(H,38,39)(H4,26,27,29). The first-order chi connectivity index (χ1) is 18.6. The van der Waals surface area contributed by atoms with Crippen molar-refractivity contribution in [1.29, 1.82) is 0 Å². The van der Waals surface area contributed by atoms with Crippen LogP contribution in [-0.2, 0) is 30.4 Å². The highest BCUT2D eigenvalue weighted by Crippen LogP contribution is 2.09. The Bertz CT molecular complexity index is 1020. The topological polar surface area (TPSA) is 238 Å². The molecule has 1 saturated heterocycles. The largest absolute Gasteiger partial charge is 0.481 e. The molecule has 1 fully saturated rings. The summed E-state index contributed by atoms with van der Waals surface area (Å²) < 4.78 is 0. The fourth-order valence-electron chi connectivity index (χ4n) is 4.08. The van der Waals surface area contributed by atoms with Gasteiger partial charge in [-0.05, 0) is 44.2 Å². The van der Waals surface area contributed by atoms with Crippen LogP contribution in [0.15, 0.2) is 35.3 Å². The number of benzene rings is 1. The average Bonchev–Trinajstić information content (AvgIpc) is 3.43. The summed E-state index contributed by atoms with van der Waals surface area (Å²) in [4.78, 5) is 65.9. The Balaban J connectivity index is 2.14. The SMILES string of the molecule is NC(N)=NCCCC(NC(=O)C1CCCN1)C(=O)NC(CCC(=O)O)C(=O)NC(Cc1ccccc1)C(=O)O. The molecule has 1 aliphatic heterocycles. The average molecular weight is 548 g/mol. The van der Waals surface area contributed by atoms with Crippen molar-refractivity contribution >= 4 is 35.6 Å². The lowest BCUT2D eigenvalue weighted by molar-refractivity contribution is -0.143. The number of carbonyl (C=O) groups is 5. The number of aliphatic carboxylic acids is 2. The van der Waals surface area contributed by atoms with Crippen molar-refractivity contribution in [3.63, 3.8) is 0 Å². The molecule has 14 nitrogen and oxygen atoms in total. The van der Waals surface area contributed by atoms with Crippen molar-refractivity contribution < 1.29 is 34.2 Å². The van der Waals surface area contributed by atoms with Crippen LogP contribution in [0.25, 0.3) is 0 Å². The van der Waals surface area contributed by atoms with Crippen molar-refractivity contribution in [2.75, 3.05) is 13.1 Å². The van der Waals surface area contributed by atoms with Crippen LogP contribution in [0.1, 0.15) is 44.1 Å². The number of carboxylic acids is 2. The molecule has 1 aliphatic rings. The highest BCUT2D eigenvalue weighted by molar-refractivity contribution is 5.94. The van der Waals surface area contributed by atoms with Crippen LogP contribution >= 0.6 is 0 Å². The number of hydrogen-bond donors (Lipinski definition) is 8. The van der Waals surface area contributed by atoms with Crippen molar-refractivity contribution in [3.05, 3.63) is 35.9 Å². The van der Waals surface area contributed by atoms with Crippen LogP contribution in [0.2, 0.25) is 0 Å². The molecular formula is C25H37N7O7. The van der Waals surface area contributed by atoms with Crippen LogP contribution in [0.5, 0.6) is 0 Å². The van der Waals surface area contributed by atoms with Crippen LogP contribution in [-0.4, -0.2) is 83.1 Å². The van der Waals surface area contributed by atoms with Gasteiger partial charge in [-0.1, -0.05) is 30.3 Å². The Morgan fingerprint density at radius 2 is 1.59 bits per heavy atom. The summed E-state index contributed by atoms with van der Waals surface area (Å²) in [6, 6.07) is 4.46. The van der Waals surface area contributed by atoms with Gasteiger partial charge in [-0.15, -0.1) is 0 Å². The lowest BCUT2D eigenvalue weighted by Crippen LogP contribution is -2.57. The van der Waals surface area contributed by atoms with Gasteiger partial charge in [0.15, 0.2) is 5.96 Å². The van der Waals surface area contributed by atoms with Gasteiger partial charge in [-0.2, -0.15) is 0 Å². The lowest BCUT2D eigenvalue weighted by atomic mass is 10.0. The van der Waals surface area contributed by atoms with Crippen LogP contribution in [0, 0.1) is 0 Å². The molecule has 0 aromatic heterocycles. The lowest BCUT2D eigenvalue weighted by Gasteiger charge is -2.25. The molecule has 0 aliphatic carbocycles. The number of carbonyl (C=O) groups excluding carboxylic acids is 3. The first kappa shape index (κ1) is 31.0. The summed E-state index contributed by atoms with van der Waals surface area (Å²) in [5.41, 5.74) is 11.3. The number of guanidine groups is 1. The van der Waals surface area contributed by atoms with E-state index >= 15 is 0 Å².